The molecule has 1 aromatic rings. The van der Waals surface area contributed by atoms with E-state index >= 15 is 0 Å². The third-order valence-electron chi connectivity index (χ3n) is 2.12. The average Bonchev–Trinajstić information content (AvgIpc) is 2.44. The Kier molecular flexibility index (Phi) is 2.49. The molecule has 1 aliphatic heterocycles. The van der Waals surface area contributed by atoms with Crippen molar-refractivity contribution in [1.82, 2.24) is 0 Å². The molecular formula is C8H6NO6S2-. The van der Waals surface area contributed by atoms with Crippen LogP contribution in [0.15, 0.2) is 28.0 Å². The molecule has 0 fully saturated rings. The number of fused-ring (bicyclic) bond motifs is 1. The van der Waals surface area contributed by atoms with Crippen molar-refractivity contribution >= 4 is 26.0 Å². The first kappa shape index (κ1) is 12.0. The van der Waals surface area contributed by atoms with Crippen molar-refractivity contribution in [3.8, 4) is 0 Å². The topological polar surface area (TPSA) is 109 Å². The van der Waals surface area contributed by atoms with Gasteiger partial charge >= 0.3 is 5.97 Å². The Hall–Kier alpha value is -1.45. The van der Waals surface area contributed by atoms with E-state index in [0.29, 0.717) is 0 Å². The summed E-state index contributed by atoms with van der Waals surface area (Å²) >= 11 is 0. The van der Waals surface area contributed by atoms with Crippen LogP contribution in [0.25, 0.3) is 4.13 Å². The standard InChI is InChI=1S/C8H6NO6S2/c1-15-8(10)5-3-2-4-6-7(5)17(13,14)9-16(6,11)12/h2-4H,1H3/q-1. The van der Waals surface area contributed by atoms with Gasteiger partial charge in [0.05, 0.1) is 22.5 Å². The molecule has 0 saturated carbocycles. The number of methoxy groups -OCH3 is 1. The maximum Gasteiger partial charge on any atom is 0.339 e. The van der Waals surface area contributed by atoms with Crippen LogP contribution >= 0.6 is 0 Å². The van der Waals surface area contributed by atoms with Gasteiger partial charge in [-0.05, 0) is 12.1 Å². The number of ether oxygens (including phenoxy) is 1. The van der Waals surface area contributed by atoms with E-state index in [9.17, 15) is 21.6 Å². The van der Waals surface area contributed by atoms with E-state index in [2.05, 4.69) is 8.86 Å². The Morgan fingerprint density at radius 3 is 2.41 bits per heavy atom. The average molecular weight is 276 g/mol. The summed E-state index contributed by atoms with van der Waals surface area (Å²) in [4.78, 5) is 10.2. The third-order valence-corrected chi connectivity index (χ3v) is 5.67. The normalized spacial score (nSPS) is 19.6. The number of carbonyl (C=O) groups excluding carboxylic acids is 1. The van der Waals surface area contributed by atoms with Gasteiger partial charge in [-0.2, -0.15) is 0 Å². The Morgan fingerprint density at radius 1 is 1.18 bits per heavy atom. The van der Waals surface area contributed by atoms with Crippen LogP contribution in [-0.2, 0) is 24.8 Å². The van der Waals surface area contributed by atoms with Crippen LogP contribution in [0.1, 0.15) is 10.4 Å². The van der Waals surface area contributed by atoms with Crippen molar-refractivity contribution in [2.24, 2.45) is 0 Å². The fourth-order valence-electron chi connectivity index (χ4n) is 1.46. The lowest BCUT2D eigenvalue weighted by Crippen LogP contribution is -2.07. The summed E-state index contributed by atoms with van der Waals surface area (Å²) in [6.07, 6.45) is 0. The molecule has 2 rings (SSSR count). The second kappa shape index (κ2) is 3.52. The molecule has 0 N–H and O–H groups in total. The number of nitrogens with zero attached hydrogens (tertiary/aromatic N) is 1. The quantitative estimate of drug-likeness (QED) is 0.679. The molecule has 9 heteroatoms. The van der Waals surface area contributed by atoms with E-state index < -0.39 is 35.8 Å². The predicted molar refractivity (Wildman–Crippen MR) is 55.5 cm³/mol. The van der Waals surface area contributed by atoms with Gasteiger partial charge in [-0.3, -0.25) is 0 Å². The zero-order valence-electron chi connectivity index (χ0n) is 8.45. The Bertz CT molecular complexity index is 704. The van der Waals surface area contributed by atoms with Gasteiger partial charge in [0.15, 0.2) is 0 Å². The zero-order valence-corrected chi connectivity index (χ0v) is 10.1. The molecule has 0 bridgehead atoms. The molecule has 0 saturated heterocycles. The Labute approximate surface area is 97.5 Å². The highest BCUT2D eigenvalue weighted by atomic mass is 32.3. The van der Waals surface area contributed by atoms with Crippen LogP contribution in [-0.4, -0.2) is 29.9 Å². The van der Waals surface area contributed by atoms with Gasteiger partial charge in [0.25, 0.3) is 0 Å². The van der Waals surface area contributed by atoms with E-state index in [4.69, 9.17) is 0 Å². The lowest BCUT2D eigenvalue weighted by atomic mass is 10.2. The van der Waals surface area contributed by atoms with Crippen LogP contribution in [0, 0.1) is 0 Å². The van der Waals surface area contributed by atoms with E-state index in [1.807, 2.05) is 0 Å². The number of sulfonamides is 2. The number of esters is 1. The van der Waals surface area contributed by atoms with Crippen LogP contribution in [0.3, 0.4) is 0 Å². The number of rotatable bonds is 1. The molecule has 92 valence electrons. The summed E-state index contributed by atoms with van der Waals surface area (Å²) in [7, 11) is -7.55. The van der Waals surface area contributed by atoms with Crippen LogP contribution in [0.2, 0.25) is 0 Å². The third kappa shape index (κ3) is 1.72. The molecule has 0 aliphatic carbocycles. The predicted octanol–water partition coefficient (Wildman–Crippen LogP) is 0.238. The van der Waals surface area contributed by atoms with Crippen molar-refractivity contribution in [2.45, 2.75) is 9.79 Å². The SMILES string of the molecule is COC(=O)c1cccc2c1S(=O)(=O)[N-]S2(=O)=O. The maximum absolute atomic E-state index is 11.6. The molecule has 0 amide bonds. The van der Waals surface area contributed by atoms with E-state index in [1.165, 1.54) is 12.1 Å². The first-order chi connectivity index (χ1) is 7.79. The first-order valence-electron chi connectivity index (χ1n) is 4.25. The van der Waals surface area contributed by atoms with E-state index in [0.717, 1.165) is 13.2 Å². The van der Waals surface area contributed by atoms with Gasteiger partial charge in [0.2, 0.25) is 0 Å². The molecular weight excluding hydrogens is 270 g/mol. The first-order valence-corrected chi connectivity index (χ1v) is 7.13. The highest BCUT2D eigenvalue weighted by Crippen LogP contribution is 2.40. The molecule has 1 aromatic carbocycles. The molecule has 0 radical (unpaired) electrons. The van der Waals surface area contributed by atoms with Gasteiger partial charge in [-0.15, -0.1) is 0 Å². The minimum Gasteiger partial charge on any atom is -0.465 e. The summed E-state index contributed by atoms with van der Waals surface area (Å²) in [5, 5.41) is 0. The maximum atomic E-state index is 11.6. The molecule has 0 spiro atoms. The minimum absolute atomic E-state index is 0.338. The van der Waals surface area contributed by atoms with Gasteiger partial charge < -0.3 is 8.86 Å². The van der Waals surface area contributed by atoms with Crippen LogP contribution in [0.4, 0.5) is 0 Å². The van der Waals surface area contributed by atoms with Gasteiger partial charge in [-0.25, -0.2) is 21.6 Å². The second-order valence-corrected chi connectivity index (χ2v) is 6.49. The molecule has 1 heterocycles. The van der Waals surface area contributed by atoms with E-state index in [1.54, 1.807) is 0 Å². The summed E-state index contributed by atoms with van der Waals surface area (Å²) in [6.45, 7) is 0. The molecule has 7 nitrogen and oxygen atoms in total. The summed E-state index contributed by atoms with van der Waals surface area (Å²) < 4.78 is 53.1. The van der Waals surface area contributed by atoms with Gasteiger partial charge in [0.1, 0.15) is 20.0 Å². The largest absolute Gasteiger partial charge is 0.465 e. The van der Waals surface area contributed by atoms with Crippen molar-refractivity contribution in [1.29, 1.82) is 0 Å². The molecule has 0 atom stereocenters. The minimum atomic E-state index is -4.36. The van der Waals surface area contributed by atoms with Crippen molar-refractivity contribution in [2.75, 3.05) is 7.11 Å². The molecule has 0 unspecified atom stereocenters. The summed E-state index contributed by atoms with van der Waals surface area (Å²) in [6, 6.07) is 3.49. The fraction of sp³-hybridized carbons (Fsp3) is 0.125. The van der Waals surface area contributed by atoms with Crippen LogP contribution < -0.4 is 0 Å². The lowest BCUT2D eigenvalue weighted by molar-refractivity contribution is 0.0596. The zero-order chi connectivity index (χ0) is 12.8. The van der Waals surface area contributed by atoms with Crippen molar-refractivity contribution < 1.29 is 26.4 Å². The van der Waals surface area contributed by atoms with Gasteiger partial charge in [-0.1, -0.05) is 6.07 Å². The molecule has 17 heavy (non-hydrogen) atoms. The Balaban J connectivity index is 2.89. The number of hydrogen-bond donors (Lipinski definition) is 0. The van der Waals surface area contributed by atoms with Gasteiger partial charge in [0, 0.05) is 0 Å². The molecule has 0 aromatic heterocycles. The highest BCUT2D eigenvalue weighted by Gasteiger charge is 2.32. The summed E-state index contributed by atoms with van der Waals surface area (Å²) in [5.41, 5.74) is -0.338. The van der Waals surface area contributed by atoms with Crippen LogP contribution in [0.5, 0.6) is 0 Å². The Morgan fingerprint density at radius 2 is 1.82 bits per heavy atom. The fourth-order valence-corrected chi connectivity index (χ4v) is 5.09. The number of benzene rings is 1. The molecule has 1 aliphatic rings. The highest BCUT2D eigenvalue weighted by molar-refractivity contribution is 8.14. The van der Waals surface area contributed by atoms with Crippen molar-refractivity contribution in [3.63, 3.8) is 0 Å². The lowest BCUT2D eigenvalue weighted by Gasteiger charge is -2.08. The number of carbonyl (C=O) groups is 1. The second-order valence-electron chi connectivity index (χ2n) is 3.15. The van der Waals surface area contributed by atoms with Crippen molar-refractivity contribution in [3.05, 3.63) is 27.9 Å². The smallest absolute Gasteiger partial charge is 0.339 e. The summed E-state index contributed by atoms with van der Waals surface area (Å²) in [5.74, 6) is -0.933. The monoisotopic (exact) mass is 276 g/mol. The number of hydrogen-bond acceptors (Lipinski definition) is 6. The van der Waals surface area contributed by atoms with E-state index in [-0.39, 0.29) is 5.56 Å².